The number of carbonyl (C=O) groups excluding carboxylic acids is 1. The van der Waals surface area contributed by atoms with E-state index in [4.69, 9.17) is 5.73 Å². The first-order chi connectivity index (χ1) is 8.06. The van der Waals surface area contributed by atoms with Crippen molar-refractivity contribution in [3.8, 4) is 0 Å². The van der Waals surface area contributed by atoms with Crippen LogP contribution in [0.15, 0.2) is 0 Å². The Morgan fingerprint density at radius 3 is 2.53 bits per heavy atom. The van der Waals surface area contributed by atoms with Crippen LogP contribution in [-0.2, 0) is 4.79 Å². The zero-order valence-electron chi connectivity index (χ0n) is 11.3. The van der Waals surface area contributed by atoms with E-state index in [0.29, 0.717) is 12.0 Å². The van der Waals surface area contributed by atoms with Gasteiger partial charge in [0.2, 0.25) is 5.91 Å². The Morgan fingerprint density at radius 2 is 2.06 bits per heavy atom. The maximum atomic E-state index is 12.2. The molecule has 1 saturated carbocycles. The molecule has 0 heterocycles. The third-order valence-electron chi connectivity index (χ3n) is 3.17. The number of amides is 1. The quantitative estimate of drug-likeness (QED) is 0.725. The van der Waals surface area contributed by atoms with Crippen LogP contribution in [0.25, 0.3) is 0 Å². The molecule has 0 unspecified atom stereocenters. The Morgan fingerprint density at radius 1 is 1.41 bits per heavy atom. The first-order valence-electron chi connectivity index (χ1n) is 6.61. The Kier molecular flexibility index (Phi) is 6.34. The van der Waals surface area contributed by atoms with Crippen molar-refractivity contribution in [1.29, 1.82) is 0 Å². The fourth-order valence-electron chi connectivity index (χ4n) is 1.84. The van der Waals surface area contributed by atoms with Crippen LogP contribution in [0.5, 0.6) is 0 Å². The van der Waals surface area contributed by atoms with Gasteiger partial charge in [0.1, 0.15) is 0 Å². The topological polar surface area (TPSA) is 46.3 Å². The van der Waals surface area contributed by atoms with E-state index in [0.717, 1.165) is 25.1 Å². The average Bonchev–Trinajstić information content (AvgIpc) is 3.09. The Bertz CT molecular complexity index is 242. The second-order valence-electron chi connectivity index (χ2n) is 5.33. The van der Waals surface area contributed by atoms with Gasteiger partial charge in [-0.15, -0.1) is 0 Å². The summed E-state index contributed by atoms with van der Waals surface area (Å²) >= 11 is 1.75. The second-order valence-corrected chi connectivity index (χ2v) is 6.32. The number of nitrogens with zero attached hydrogens (tertiary/aromatic N) is 1. The normalized spacial score (nSPS) is 17.2. The molecule has 0 aromatic carbocycles. The summed E-state index contributed by atoms with van der Waals surface area (Å²) in [4.78, 5) is 14.3. The highest BCUT2D eigenvalue weighted by molar-refractivity contribution is 7.98. The number of hydrogen-bond donors (Lipinski definition) is 1. The van der Waals surface area contributed by atoms with Gasteiger partial charge in [-0.2, -0.15) is 11.8 Å². The van der Waals surface area contributed by atoms with Crippen LogP contribution >= 0.6 is 11.8 Å². The first kappa shape index (κ1) is 14.8. The molecule has 0 radical (unpaired) electrons. The molecule has 0 aromatic rings. The van der Waals surface area contributed by atoms with Crippen LogP contribution in [0.1, 0.15) is 39.5 Å². The molecular weight excluding hydrogens is 232 g/mol. The first-order valence-corrected chi connectivity index (χ1v) is 8.00. The molecule has 1 amide bonds. The summed E-state index contributed by atoms with van der Waals surface area (Å²) in [6.45, 7) is 5.28. The van der Waals surface area contributed by atoms with E-state index in [9.17, 15) is 4.79 Å². The van der Waals surface area contributed by atoms with Crippen LogP contribution in [0.3, 0.4) is 0 Å². The van der Waals surface area contributed by atoms with E-state index in [-0.39, 0.29) is 11.9 Å². The van der Waals surface area contributed by atoms with E-state index in [2.05, 4.69) is 20.1 Å². The Hall–Kier alpha value is -0.220. The van der Waals surface area contributed by atoms with E-state index in [1.54, 1.807) is 11.8 Å². The molecule has 4 heteroatoms. The highest BCUT2D eigenvalue weighted by Gasteiger charge is 2.34. The van der Waals surface area contributed by atoms with E-state index >= 15 is 0 Å². The molecule has 2 N–H and O–H groups in total. The molecule has 0 saturated heterocycles. The monoisotopic (exact) mass is 258 g/mol. The highest BCUT2D eigenvalue weighted by Crippen LogP contribution is 2.28. The third kappa shape index (κ3) is 5.30. The smallest absolute Gasteiger partial charge is 0.239 e. The summed E-state index contributed by atoms with van der Waals surface area (Å²) in [6, 6.07) is 0.191. The van der Waals surface area contributed by atoms with Gasteiger partial charge >= 0.3 is 0 Å². The minimum absolute atomic E-state index is 0.169. The van der Waals surface area contributed by atoms with Crippen molar-refractivity contribution in [1.82, 2.24) is 4.90 Å². The van der Waals surface area contributed by atoms with Crippen molar-refractivity contribution in [2.45, 2.75) is 51.6 Å². The van der Waals surface area contributed by atoms with Gasteiger partial charge in [-0.3, -0.25) is 4.79 Å². The Balaban J connectivity index is 2.42. The minimum Gasteiger partial charge on any atom is -0.338 e. The molecule has 1 aliphatic rings. The lowest BCUT2D eigenvalue weighted by Crippen LogP contribution is -2.45. The summed E-state index contributed by atoms with van der Waals surface area (Å²) in [5.41, 5.74) is 5.97. The molecule has 100 valence electrons. The third-order valence-corrected chi connectivity index (χ3v) is 3.81. The lowest BCUT2D eigenvalue weighted by Gasteiger charge is -2.26. The highest BCUT2D eigenvalue weighted by atomic mass is 32.2. The molecule has 0 spiro atoms. The number of hydrogen-bond acceptors (Lipinski definition) is 3. The van der Waals surface area contributed by atoms with Gasteiger partial charge in [-0.25, -0.2) is 0 Å². The zero-order valence-corrected chi connectivity index (χ0v) is 12.1. The molecule has 0 aliphatic heterocycles. The van der Waals surface area contributed by atoms with Crippen molar-refractivity contribution in [3.63, 3.8) is 0 Å². The van der Waals surface area contributed by atoms with Crippen LogP contribution in [0.2, 0.25) is 0 Å². The lowest BCUT2D eigenvalue weighted by atomic mass is 10.1. The molecule has 1 fully saturated rings. The van der Waals surface area contributed by atoms with Gasteiger partial charge in [0, 0.05) is 12.6 Å². The Labute approximate surface area is 109 Å². The van der Waals surface area contributed by atoms with E-state index in [1.807, 2.05) is 4.90 Å². The van der Waals surface area contributed by atoms with Crippen molar-refractivity contribution in [3.05, 3.63) is 0 Å². The molecule has 1 aliphatic carbocycles. The zero-order chi connectivity index (χ0) is 12.8. The summed E-state index contributed by atoms with van der Waals surface area (Å²) in [7, 11) is 0. The van der Waals surface area contributed by atoms with Gasteiger partial charge in [0.25, 0.3) is 0 Å². The molecule has 17 heavy (non-hydrogen) atoms. The van der Waals surface area contributed by atoms with Crippen LogP contribution in [0, 0.1) is 5.92 Å². The molecule has 0 bridgehead atoms. The summed E-state index contributed by atoms with van der Waals surface area (Å²) < 4.78 is 0. The van der Waals surface area contributed by atoms with Gasteiger partial charge < -0.3 is 10.6 Å². The number of thioether (sulfide) groups is 1. The van der Waals surface area contributed by atoms with Gasteiger partial charge in [0.05, 0.1) is 6.04 Å². The maximum absolute atomic E-state index is 12.2. The van der Waals surface area contributed by atoms with Crippen LogP contribution in [-0.4, -0.2) is 41.4 Å². The van der Waals surface area contributed by atoms with Crippen LogP contribution < -0.4 is 5.73 Å². The second kappa shape index (κ2) is 7.27. The summed E-state index contributed by atoms with van der Waals surface area (Å²) in [6.07, 6.45) is 6.26. The largest absolute Gasteiger partial charge is 0.338 e. The molecule has 1 atom stereocenters. The lowest BCUT2D eigenvalue weighted by molar-refractivity contribution is -0.133. The number of nitrogens with two attached hydrogens (primary N) is 1. The predicted molar refractivity (Wildman–Crippen MR) is 75.2 cm³/mol. The molecule has 1 rings (SSSR count). The van der Waals surface area contributed by atoms with Gasteiger partial charge in [-0.1, -0.05) is 13.8 Å². The van der Waals surface area contributed by atoms with E-state index in [1.165, 1.54) is 12.8 Å². The van der Waals surface area contributed by atoms with Crippen molar-refractivity contribution < 1.29 is 4.79 Å². The minimum atomic E-state index is -0.296. The maximum Gasteiger partial charge on any atom is 0.239 e. The SMILES string of the molecule is CSCC[C@@H](N)C(=O)N(CCC(C)C)C1CC1. The summed E-state index contributed by atoms with van der Waals surface area (Å²) in [5.74, 6) is 1.78. The summed E-state index contributed by atoms with van der Waals surface area (Å²) in [5, 5.41) is 0. The number of rotatable bonds is 8. The van der Waals surface area contributed by atoms with Gasteiger partial charge in [0.15, 0.2) is 0 Å². The average molecular weight is 258 g/mol. The number of carbonyl (C=O) groups is 1. The predicted octanol–water partition coefficient (Wildman–Crippen LogP) is 2.10. The fraction of sp³-hybridized carbons (Fsp3) is 0.923. The van der Waals surface area contributed by atoms with E-state index < -0.39 is 0 Å². The molecule has 3 nitrogen and oxygen atoms in total. The fourth-order valence-corrected chi connectivity index (χ4v) is 2.33. The standard InChI is InChI=1S/C13H26N2OS/c1-10(2)6-8-15(11-4-5-11)13(16)12(14)7-9-17-3/h10-12H,4-9,14H2,1-3H3/t12-/m1/s1. The molecular formula is C13H26N2OS. The van der Waals surface area contributed by atoms with Crippen LogP contribution in [0.4, 0.5) is 0 Å². The molecule has 0 aromatic heterocycles. The van der Waals surface area contributed by atoms with Gasteiger partial charge in [-0.05, 0) is 43.6 Å². The van der Waals surface area contributed by atoms with Crippen molar-refractivity contribution in [2.75, 3.05) is 18.6 Å². The van der Waals surface area contributed by atoms with Crippen molar-refractivity contribution in [2.24, 2.45) is 11.7 Å². The van der Waals surface area contributed by atoms with Crippen molar-refractivity contribution >= 4 is 17.7 Å².